The van der Waals surface area contributed by atoms with E-state index in [9.17, 15) is 19.5 Å². The van der Waals surface area contributed by atoms with Gasteiger partial charge in [0, 0.05) is 24.9 Å². The summed E-state index contributed by atoms with van der Waals surface area (Å²) in [7, 11) is 0. The first-order valence-corrected chi connectivity index (χ1v) is 11.5. The normalized spacial score (nSPS) is 14.9. The summed E-state index contributed by atoms with van der Waals surface area (Å²) < 4.78 is 5.50. The first-order valence-electron chi connectivity index (χ1n) is 11.5. The van der Waals surface area contributed by atoms with Crippen LogP contribution in [-0.4, -0.2) is 53.5 Å². The van der Waals surface area contributed by atoms with Crippen LogP contribution in [-0.2, 0) is 14.3 Å². The molecule has 1 aliphatic carbocycles. The number of carboxylic acids is 1. The van der Waals surface area contributed by atoms with Gasteiger partial charge in [-0.05, 0) is 42.0 Å². The van der Waals surface area contributed by atoms with Crippen LogP contribution >= 0.6 is 0 Å². The lowest BCUT2D eigenvalue weighted by Crippen LogP contribution is -2.43. The van der Waals surface area contributed by atoms with Crippen LogP contribution in [0, 0.1) is 5.92 Å². The summed E-state index contributed by atoms with van der Waals surface area (Å²) in [4.78, 5) is 35.1. The number of benzene rings is 2. The van der Waals surface area contributed by atoms with Crippen molar-refractivity contribution in [1.29, 1.82) is 0 Å². The Morgan fingerprint density at radius 3 is 2.21 bits per heavy atom. The second kappa shape index (κ2) is 11.2. The van der Waals surface area contributed by atoms with E-state index in [1.165, 1.54) is 18.1 Å². The third kappa shape index (κ3) is 6.57. The van der Waals surface area contributed by atoms with E-state index in [0.717, 1.165) is 11.1 Å². The maximum absolute atomic E-state index is 12.2. The first kappa shape index (κ1) is 25.2. The fourth-order valence-electron chi connectivity index (χ4n) is 4.22. The summed E-state index contributed by atoms with van der Waals surface area (Å²) in [5, 5.41) is 24.1. The Kier molecular flexibility index (Phi) is 8.28. The van der Waals surface area contributed by atoms with Gasteiger partial charge in [-0.15, -0.1) is 0 Å². The number of aliphatic hydroxyl groups is 1. The highest BCUT2D eigenvalue weighted by Crippen LogP contribution is 2.44. The van der Waals surface area contributed by atoms with Gasteiger partial charge in [-0.1, -0.05) is 55.5 Å². The highest BCUT2D eigenvalue weighted by atomic mass is 16.5. The van der Waals surface area contributed by atoms with Crippen LogP contribution in [0.1, 0.15) is 50.2 Å². The Hall–Kier alpha value is -3.39. The van der Waals surface area contributed by atoms with Gasteiger partial charge in [0.05, 0.1) is 12.0 Å². The minimum absolute atomic E-state index is 0.000190. The SMILES string of the molecule is CC(CCCNC(=O)OCC1c2ccccc2-c2ccccc21)C(=O)NCC(C)(O)CC(=O)O. The molecule has 4 N–H and O–H groups in total. The van der Waals surface area contributed by atoms with Gasteiger partial charge in [-0.2, -0.15) is 0 Å². The molecule has 182 valence electrons. The van der Waals surface area contributed by atoms with Crippen LogP contribution < -0.4 is 10.6 Å². The predicted octanol–water partition coefficient (Wildman–Crippen LogP) is 3.28. The third-order valence-electron chi connectivity index (χ3n) is 6.05. The number of hydrogen-bond donors (Lipinski definition) is 4. The number of carbonyl (C=O) groups excluding carboxylic acids is 2. The average Bonchev–Trinajstić information content (AvgIpc) is 3.12. The minimum atomic E-state index is -1.51. The monoisotopic (exact) mass is 468 g/mol. The number of alkyl carbamates (subject to hydrolysis) is 1. The number of aliphatic carboxylic acids is 1. The van der Waals surface area contributed by atoms with Crippen molar-refractivity contribution in [2.45, 2.75) is 44.6 Å². The quantitative estimate of drug-likeness (QED) is 0.375. The van der Waals surface area contributed by atoms with Gasteiger partial charge in [0.15, 0.2) is 0 Å². The van der Waals surface area contributed by atoms with Crippen molar-refractivity contribution in [3.8, 4) is 11.1 Å². The molecular formula is C26H32N2O6. The topological polar surface area (TPSA) is 125 Å². The zero-order valence-corrected chi connectivity index (χ0v) is 19.5. The van der Waals surface area contributed by atoms with Crippen molar-refractivity contribution in [2.24, 2.45) is 5.92 Å². The zero-order chi connectivity index (χ0) is 24.7. The van der Waals surface area contributed by atoms with E-state index in [1.807, 2.05) is 24.3 Å². The Morgan fingerprint density at radius 1 is 1.03 bits per heavy atom. The predicted molar refractivity (Wildman–Crippen MR) is 127 cm³/mol. The zero-order valence-electron chi connectivity index (χ0n) is 19.5. The van der Waals surface area contributed by atoms with Gasteiger partial charge >= 0.3 is 12.1 Å². The summed E-state index contributed by atoms with van der Waals surface area (Å²) in [6, 6.07) is 16.3. The van der Waals surface area contributed by atoms with Gasteiger partial charge < -0.3 is 25.6 Å². The third-order valence-corrected chi connectivity index (χ3v) is 6.05. The molecule has 0 aliphatic heterocycles. The number of hydrogen-bond acceptors (Lipinski definition) is 5. The molecule has 2 aromatic rings. The standard InChI is InChI=1S/C26H32N2O6/c1-17(24(31)28-16-26(2,33)14-23(29)30)8-7-13-27-25(32)34-15-22-20-11-5-3-9-18(20)19-10-4-6-12-21(19)22/h3-6,9-12,17,22,33H,7-8,13-16H2,1-2H3,(H,27,32)(H,28,31)(H,29,30). The van der Waals surface area contributed by atoms with Crippen molar-refractivity contribution in [3.63, 3.8) is 0 Å². The van der Waals surface area contributed by atoms with Gasteiger partial charge in [-0.3, -0.25) is 9.59 Å². The minimum Gasteiger partial charge on any atom is -0.481 e. The fraction of sp³-hybridized carbons (Fsp3) is 0.423. The maximum atomic E-state index is 12.2. The summed E-state index contributed by atoms with van der Waals surface area (Å²) in [6.45, 7) is 3.58. The summed E-state index contributed by atoms with van der Waals surface area (Å²) >= 11 is 0. The molecule has 0 heterocycles. The number of nitrogens with one attached hydrogen (secondary N) is 2. The van der Waals surface area contributed by atoms with Crippen molar-refractivity contribution >= 4 is 18.0 Å². The molecule has 0 spiro atoms. The van der Waals surface area contributed by atoms with Crippen LogP contribution in [0.3, 0.4) is 0 Å². The van der Waals surface area contributed by atoms with Crippen LogP contribution in [0.15, 0.2) is 48.5 Å². The van der Waals surface area contributed by atoms with Gasteiger partial charge in [-0.25, -0.2) is 4.79 Å². The lowest BCUT2D eigenvalue weighted by molar-refractivity contribution is -0.142. The number of amides is 2. The van der Waals surface area contributed by atoms with Crippen LogP contribution in [0.25, 0.3) is 11.1 Å². The highest BCUT2D eigenvalue weighted by molar-refractivity contribution is 5.79. The summed E-state index contributed by atoms with van der Waals surface area (Å²) in [6.07, 6.45) is 0.149. The van der Waals surface area contributed by atoms with E-state index in [1.54, 1.807) is 6.92 Å². The summed E-state index contributed by atoms with van der Waals surface area (Å²) in [5.41, 5.74) is 3.14. The Balaban J connectivity index is 1.38. The molecule has 2 atom stereocenters. The fourth-order valence-corrected chi connectivity index (χ4v) is 4.22. The molecule has 0 bridgehead atoms. The molecular weight excluding hydrogens is 436 g/mol. The van der Waals surface area contributed by atoms with Gasteiger partial charge in [0.1, 0.15) is 6.61 Å². The molecule has 8 nitrogen and oxygen atoms in total. The number of ether oxygens (including phenoxy) is 1. The second-order valence-electron chi connectivity index (χ2n) is 9.08. The van der Waals surface area contributed by atoms with E-state index in [2.05, 4.69) is 34.9 Å². The van der Waals surface area contributed by atoms with Crippen molar-refractivity contribution < 1.29 is 29.3 Å². The lowest BCUT2D eigenvalue weighted by atomic mass is 9.98. The van der Waals surface area contributed by atoms with Gasteiger partial charge in [0.25, 0.3) is 0 Å². The molecule has 0 fully saturated rings. The Bertz CT molecular complexity index is 990. The van der Waals surface area contributed by atoms with Crippen LogP contribution in [0.2, 0.25) is 0 Å². The number of rotatable bonds is 11. The van der Waals surface area contributed by atoms with Crippen LogP contribution in [0.5, 0.6) is 0 Å². The Morgan fingerprint density at radius 2 is 1.62 bits per heavy atom. The molecule has 0 saturated carbocycles. The summed E-state index contributed by atoms with van der Waals surface area (Å²) in [5.74, 6) is -1.75. The first-order chi connectivity index (χ1) is 16.2. The molecule has 2 aromatic carbocycles. The lowest BCUT2D eigenvalue weighted by Gasteiger charge is -2.22. The van der Waals surface area contributed by atoms with E-state index >= 15 is 0 Å². The molecule has 2 unspecified atom stereocenters. The molecule has 34 heavy (non-hydrogen) atoms. The number of carboxylic acid groups (broad SMARTS) is 1. The van der Waals surface area contributed by atoms with E-state index in [4.69, 9.17) is 9.84 Å². The largest absolute Gasteiger partial charge is 0.481 e. The van der Waals surface area contributed by atoms with E-state index in [-0.39, 0.29) is 30.9 Å². The van der Waals surface area contributed by atoms with E-state index in [0.29, 0.717) is 19.4 Å². The van der Waals surface area contributed by atoms with Crippen molar-refractivity contribution in [3.05, 3.63) is 59.7 Å². The molecule has 0 aromatic heterocycles. The van der Waals surface area contributed by atoms with Crippen LogP contribution in [0.4, 0.5) is 4.79 Å². The average molecular weight is 469 g/mol. The molecule has 0 saturated heterocycles. The molecule has 1 aliphatic rings. The Labute approximate surface area is 199 Å². The number of fused-ring (bicyclic) bond motifs is 3. The maximum Gasteiger partial charge on any atom is 0.407 e. The smallest absolute Gasteiger partial charge is 0.407 e. The van der Waals surface area contributed by atoms with Crippen molar-refractivity contribution in [2.75, 3.05) is 19.7 Å². The van der Waals surface area contributed by atoms with Crippen molar-refractivity contribution in [1.82, 2.24) is 10.6 Å². The highest BCUT2D eigenvalue weighted by Gasteiger charge is 2.29. The van der Waals surface area contributed by atoms with Gasteiger partial charge in [0.2, 0.25) is 5.91 Å². The second-order valence-corrected chi connectivity index (χ2v) is 9.08. The molecule has 3 rings (SSSR count). The van der Waals surface area contributed by atoms with E-state index < -0.39 is 24.1 Å². The molecule has 2 amide bonds. The number of carbonyl (C=O) groups is 3. The molecule has 8 heteroatoms. The molecule has 0 radical (unpaired) electrons.